The van der Waals surface area contributed by atoms with Gasteiger partial charge in [-0.25, -0.2) is 4.39 Å². The minimum Gasteiger partial charge on any atom is -0.493 e. The zero-order valence-corrected chi connectivity index (χ0v) is 10.5. The molecule has 0 aliphatic heterocycles. The fourth-order valence-corrected chi connectivity index (χ4v) is 1.98. The molecule has 3 nitrogen and oxygen atoms in total. The molecule has 4 heteroatoms. The lowest BCUT2D eigenvalue weighted by Gasteiger charge is -2.20. The van der Waals surface area contributed by atoms with Crippen molar-refractivity contribution in [3.05, 3.63) is 29.1 Å². The summed E-state index contributed by atoms with van der Waals surface area (Å²) < 4.78 is 18.7. The predicted octanol–water partition coefficient (Wildman–Crippen LogP) is 2.97. The highest BCUT2D eigenvalue weighted by atomic mass is 19.1. The monoisotopic (exact) mass is 240 g/mol. The van der Waals surface area contributed by atoms with E-state index in [1.165, 1.54) is 13.2 Å². The third-order valence-electron chi connectivity index (χ3n) is 2.69. The minimum atomic E-state index is -0.969. The molecule has 17 heavy (non-hydrogen) atoms. The molecule has 1 atom stereocenters. The van der Waals surface area contributed by atoms with Gasteiger partial charge < -0.3 is 9.84 Å². The fourth-order valence-electron chi connectivity index (χ4n) is 1.98. The van der Waals surface area contributed by atoms with E-state index in [0.29, 0.717) is 11.1 Å². The van der Waals surface area contributed by atoms with Gasteiger partial charge in [-0.2, -0.15) is 0 Å². The highest BCUT2D eigenvalue weighted by Crippen LogP contribution is 2.34. The molecule has 0 saturated heterocycles. The zero-order valence-electron chi connectivity index (χ0n) is 10.5. The molecule has 0 amide bonds. The summed E-state index contributed by atoms with van der Waals surface area (Å²) in [5.41, 5.74) is 1.08. The highest BCUT2D eigenvalue weighted by Gasteiger charge is 2.28. The van der Waals surface area contributed by atoms with Gasteiger partial charge in [0.15, 0.2) is 11.6 Å². The third-order valence-corrected chi connectivity index (χ3v) is 2.69. The van der Waals surface area contributed by atoms with Crippen molar-refractivity contribution in [1.82, 2.24) is 0 Å². The molecule has 0 aromatic heterocycles. The number of rotatable bonds is 4. The lowest BCUT2D eigenvalue weighted by atomic mass is 9.87. The summed E-state index contributed by atoms with van der Waals surface area (Å²) in [6, 6.07) is 3.00. The first-order chi connectivity index (χ1) is 7.88. The standard InChI is InChI=1S/C13H17FO3/c1-7(2)11(13(15)16)9-5-8(3)6-10(14)12(9)17-4/h5-7,11H,1-4H3,(H,15,16). The first-order valence-corrected chi connectivity index (χ1v) is 5.45. The molecule has 0 radical (unpaired) electrons. The van der Waals surface area contributed by atoms with Crippen molar-refractivity contribution in [3.63, 3.8) is 0 Å². The van der Waals surface area contributed by atoms with Gasteiger partial charge in [-0.1, -0.05) is 19.9 Å². The summed E-state index contributed by atoms with van der Waals surface area (Å²) in [4.78, 5) is 11.3. The highest BCUT2D eigenvalue weighted by molar-refractivity contribution is 5.77. The van der Waals surface area contributed by atoms with E-state index < -0.39 is 17.7 Å². The molecule has 1 rings (SSSR count). The number of ether oxygens (including phenoxy) is 1. The first kappa shape index (κ1) is 13.5. The van der Waals surface area contributed by atoms with E-state index in [0.717, 1.165) is 0 Å². The molecule has 0 heterocycles. The van der Waals surface area contributed by atoms with E-state index in [1.807, 2.05) is 0 Å². The van der Waals surface area contributed by atoms with Crippen LogP contribution in [0.25, 0.3) is 0 Å². The maximum Gasteiger partial charge on any atom is 0.311 e. The van der Waals surface area contributed by atoms with Gasteiger partial charge in [-0.05, 0) is 24.5 Å². The summed E-state index contributed by atoms with van der Waals surface area (Å²) in [6.07, 6.45) is 0. The van der Waals surface area contributed by atoms with Crippen LogP contribution in [-0.2, 0) is 4.79 Å². The van der Waals surface area contributed by atoms with Crippen molar-refractivity contribution in [2.75, 3.05) is 7.11 Å². The van der Waals surface area contributed by atoms with Crippen LogP contribution in [0.5, 0.6) is 5.75 Å². The summed E-state index contributed by atoms with van der Waals surface area (Å²) in [6.45, 7) is 5.31. The van der Waals surface area contributed by atoms with Gasteiger partial charge in [0, 0.05) is 5.56 Å². The van der Waals surface area contributed by atoms with Crippen molar-refractivity contribution in [1.29, 1.82) is 0 Å². The van der Waals surface area contributed by atoms with Crippen LogP contribution in [0.4, 0.5) is 4.39 Å². The third kappa shape index (κ3) is 2.75. The number of methoxy groups -OCH3 is 1. The van der Waals surface area contributed by atoms with Gasteiger partial charge in [0.25, 0.3) is 0 Å². The molecular formula is C13H17FO3. The molecule has 0 bridgehead atoms. The smallest absolute Gasteiger partial charge is 0.311 e. The Morgan fingerprint density at radius 1 is 1.41 bits per heavy atom. The Morgan fingerprint density at radius 3 is 2.41 bits per heavy atom. The minimum absolute atomic E-state index is 0.0247. The number of carbonyl (C=O) groups is 1. The van der Waals surface area contributed by atoms with Crippen LogP contribution < -0.4 is 4.74 Å². The molecule has 0 spiro atoms. The van der Waals surface area contributed by atoms with E-state index in [2.05, 4.69) is 0 Å². The average molecular weight is 240 g/mol. The number of aliphatic carboxylic acids is 1. The van der Waals surface area contributed by atoms with Crippen LogP contribution >= 0.6 is 0 Å². The van der Waals surface area contributed by atoms with Crippen molar-refractivity contribution in [2.24, 2.45) is 5.92 Å². The van der Waals surface area contributed by atoms with E-state index >= 15 is 0 Å². The second-order valence-corrected chi connectivity index (χ2v) is 4.43. The summed E-state index contributed by atoms with van der Waals surface area (Å²) >= 11 is 0. The number of hydrogen-bond donors (Lipinski definition) is 1. The maximum atomic E-state index is 13.7. The van der Waals surface area contributed by atoms with Gasteiger partial charge in [0.2, 0.25) is 0 Å². The average Bonchev–Trinajstić information content (AvgIpc) is 2.15. The molecule has 0 saturated carbocycles. The summed E-state index contributed by atoms with van der Waals surface area (Å²) in [5.74, 6) is -2.36. The Labute approximate surface area is 100 Å². The van der Waals surface area contributed by atoms with Gasteiger partial charge in [-0.15, -0.1) is 0 Å². The van der Waals surface area contributed by atoms with Crippen molar-refractivity contribution >= 4 is 5.97 Å². The molecule has 0 aliphatic carbocycles. The number of benzene rings is 1. The Balaban J connectivity index is 3.41. The molecule has 1 unspecified atom stereocenters. The molecule has 1 aromatic rings. The predicted molar refractivity (Wildman–Crippen MR) is 62.9 cm³/mol. The molecule has 0 fully saturated rings. The summed E-state index contributed by atoms with van der Waals surface area (Å²) in [7, 11) is 1.34. The molecule has 1 aromatic carbocycles. The van der Waals surface area contributed by atoms with Crippen LogP contribution in [0.15, 0.2) is 12.1 Å². The van der Waals surface area contributed by atoms with Crippen molar-refractivity contribution in [3.8, 4) is 5.75 Å². The SMILES string of the molecule is COc1c(F)cc(C)cc1C(C(=O)O)C(C)C. The maximum absolute atomic E-state index is 13.7. The molecule has 0 aliphatic rings. The van der Waals surface area contributed by atoms with Gasteiger partial charge >= 0.3 is 5.97 Å². The van der Waals surface area contributed by atoms with Crippen LogP contribution in [-0.4, -0.2) is 18.2 Å². The van der Waals surface area contributed by atoms with Crippen molar-refractivity contribution in [2.45, 2.75) is 26.7 Å². The van der Waals surface area contributed by atoms with Gasteiger partial charge in [-0.3, -0.25) is 4.79 Å². The Bertz CT molecular complexity index is 427. The molecule has 94 valence electrons. The van der Waals surface area contributed by atoms with Crippen LogP contribution in [0, 0.1) is 18.7 Å². The van der Waals surface area contributed by atoms with E-state index in [-0.39, 0.29) is 11.7 Å². The molecular weight excluding hydrogens is 223 g/mol. The number of halogens is 1. The van der Waals surface area contributed by atoms with Crippen LogP contribution in [0.1, 0.15) is 30.9 Å². The number of carboxylic acid groups (broad SMARTS) is 1. The number of hydrogen-bond acceptors (Lipinski definition) is 2. The Morgan fingerprint density at radius 2 is 2.00 bits per heavy atom. The van der Waals surface area contributed by atoms with Crippen LogP contribution in [0.2, 0.25) is 0 Å². The van der Waals surface area contributed by atoms with E-state index in [9.17, 15) is 14.3 Å². The normalized spacial score (nSPS) is 12.6. The largest absolute Gasteiger partial charge is 0.493 e. The van der Waals surface area contributed by atoms with Crippen molar-refractivity contribution < 1.29 is 19.0 Å². The Kier molecular flexibility index (Phi) is 4.10. The van der Waals surface area contributed by atoms with Gasteiger partial charge in [0.05, 0.1) is 13.0 Å². The topological polar surface area (TPSA) is 46.5 Å². The zero-order chi connectivity index (χ0) is 13.2. The van der Waals surface area contributed by atoms with Crippen LogP contribution in [0.3, 0.4) is 0 Å². The van der Waals surface area contributed by atoms with Gasteiger partial charge in [0.1, 0.15) is 0 Å². The Hall–Kier alpha value is -1.58. The summed E-state index contributed by atoms with van der Waals surface area (Å²) in [5, 5.41) is 9.22. The quantitative estimate of drug-likeness (QED) is 0.880. The second kappa shape index (κ2) is 5.17. The first-order valence-electron chi connectivity index (χ1n) is 5.45. The van der Waals surface area contributed by atoms with E-state index in [4.69, 9.17) is 4.74 Å². The lowest BCUT2D eigenvalue weighted by molar-refractivity contribution is -0.139. The molecule has 1 N–H and O–H groups in total. The fraction of sp³-hybridized carbons (Fsp3) is 0.462. The van der Waals surface area contributed by atoms with E-state index in [1.54, 1.807) is 26.8 Å². The number of aryl methyl sites for hydroxylation is 1. The lowest BCUT2D eigenvalue weighted by Crippen LogP contribution is -2.19. The number of carboxylic acids is 1. The second-order valence-electron chi connectivity index (χ2n) is 4.43.